The first-order valence-electron chi connectivity index (χ1n) is 8.38. The van der Waals surface area contributed by atoms with E-state index in [1.165, 1.54) is 12.8 Å². The van der Waals surface area contributed by atoms with Crippen LogP contribution in [0, 0.1) is 6.92 Å². The van der Waals surface area contributed by atoms with Crippen LogP contribution in [0.3, 0.4) is 0 Å². The Balaban J connectivity index is 1.54. The SMILES string of the molecule is Cc1ncc(-c2cc3cc(NC(=O)CN4CCCC4)ncc3cn2)s1. The summed E-state index contributed by atoms with van der Waals surface area (Å²) in [6.45, 7) is 4.42. The second kappa shape index (κ2) is 6.85. The van der Waals surface area contributed by atoms with Crippen LogP contribution in [0.15, 0.2) is 30.7 Å². The van der Waals surface area contributed by atoms with Crippen molar-refractivity contribution in [2.24, 2.45) is 0 Å². The molecule has 0 aliphatic carbocycles. The number of rotatable bonds is 4. The van der Waals surface area contributed by atoms with E-state index in [2.05, 4.69) is 25.2 Å². The number of pyridine rings is 2. The molecule has 4 heterocycles. The number of aromatic nitrogens is 3. The van der Waals surface area contributed by atoms with E-state index in [-0.39, 0.29) is 5.91 Å². The maximum Gasteiger partial charge on any atom is 0.239 e. The minimum atomic E-state index is -0.0129. The molecule has 3 aromatic heterocycles. The van der Waals surface area contributed by atoms with E-state index in [0.717, 1.165) is 39.4 Å². The van der Waals surface area contributed by atoms with Crippen LogP contribution in [0.25, 0.3) is 21.3 Å². The smallest absolute Gasteiger partial charge is 0.239 e. The fourth-order valence-corrected chi connectivity index (χ4v) is 3.79. The summed E-state index contributed by atoms with van der Waals surface area (Å²) < 4.78 is 0. The molecule has 1 amide bonds. The van der Waals surface area contributed by atoms with Crippen molar-refractivity contribution in [3.8, 4) is 10.6 Å². The van der Waals surface area contributed by atoms with Crippen molar-refractivity contribution in [2.45, 2.75) is 19.8 Å². The Bertz CT molecular complexity index is 917. The molecule has 6 nitrogen and oxygen atoms in total. The number of hydrogen-bond acceptors (Lipinski definition) is 6. The lowest BCUT2D eigenvalue weighted by Crippen LogP contribution is -2.31. The Morgan fingerprint density at radius 1 is 1.12 bits per heavy atom. The van der Waals surface area contributed by atoms with Crippen molar-refractivity contribution in [3.05, 3.63) is 35.7 Å². The number of likely N-dealkylation sites (tertiary alicyclic amines) is 1. The molecule has 3 aromatic rings. The Kier molecular flexibility index (Phi) is 4.42. The first kappa shape index (κ1) is 16.1. The number of nitrogens with zero attached hydrogens (tertiary/aromatic N) is 4. The average Bonchev–Trinajstić information content (AvgIpc) is 3.26. The van der Waals surface area contributed by atoms with Gasteiger partial charge in [-0.05, 0) is 50.4 Å². The van der Waals surface area contributed by atoms with Crippen molar-refractivity contribution in [3.63, 3.8) is 0 Å². The molecule has 0 unspecified atom stereocenters. The van der Waals surface area contributed by atoms with Gasteiger partial charge in [-0.25, -0.2) is 9.97 Å². The molecule has 1 aliphatic rings. The fourth-order valence-electron chi connectivity index (χ4n) is 3.05. The van der Waals surface area contributed by atoms with E-state index in [1.807, 2.05) is 31.5 Å². The number of hydrogen-bond donors (Lipinski definition) is 1. The highest BCUT2D eigenvalue weighted by atomic mass is 32.1. The molecule has 1 aliphatic heterocycles. The van der Waals surface area contributed by atoms with E-state index >= 15 is 0 Å². The van der Waals surface area contributed by atoms with Gasteiger partial charge in [0.25, 0.3) is 0 Å². The van der Waals surface area contributed by atoms with Crippen molar-refractivity contribution < 1.29 is 4.79 Å². The molecule has 128 valence electrons. The number of fused-ring (bicyclic) bond motifs is 1. The van der Waals surface area contributed by atoms with Crippen molar-refractivity contribution in [2.75, 3.05) is 25.0 Å². The van der Waals surface area contributed by atoms with Crippen LogP contribution in [0.2, 0.25) is 0 Å². The maximum absolute atomic E-state index is 12.2. The monoisotopic (exact) mass is 353 g/mol. The van der Waals surface area contributed by atoms with Crippen LogP contribution in [-0.2, 0) is 4.79 Å². The summed E-state index contributed by atoms with van der Waals surface area (Å²) in [5.74, 6) is 0.565. The molecule has 25 heavy (non-hydrogen) atoms. The Hall–Kier alpha value is -2.38. The molecule has 1 saturated heterocycles. The summed E-state index contributed by atoms with van der Waals surface area (Å²) in [6, 6.07) is 3.91. The second-order valence-corrected chi connectivity index (χ2v) is 7.50. The van der Waals surface area contributed by atoms with Crippen LogP contribution in [0.4, 0.5) is 5.82 Å². The van der Waals surface area contributed by atoms with Gasteiger partial charge in [0.15, 0.2) is 0 Å². The number of thiazole rings is 1. The zero-order chi connectivity index (χ0) is 17.2. The van der Waals surface area contributed by atoms with Crippen molar-refractivity contribution >= 4 is 33.8 Å². The van der Waals surface area contributed by atoms with Crippen LogP contribution >= 0.6 is 11.3 Å². The van der Waals surface area contributed by atoms with Gasteiger partial charge in [0, 0.05) is 24.0 Å². The molecule has 0 spiro atoms. The topological polar surface area (TPSA) is 71.0 Å². The zero-order valence-electron chi connectivity index (χ0n) is 14.0. The van der Waals surface area contributed by atoms with E-state index in [9.17, 15) is 4.79 Å². The third kappa shape index (κ3) is 3.67. The van der Waals surface area contributed by atoms with Gasteiger partial charge in [0.1, 0.15) is 5.82 Å². The standard InChI is InChI=1S/C18H19N5OS/c1-12-19-10-16(25-12)15-6-13-7-17(21-9-14(13)8-20-15)22-18(24)11-23-4-2-3-5-23/h6-10H,2-5,11H2,1H3,(H,21,22,24). The van der Waals surface area contributed by atoms with Crippen LogP contribution in [0.1, 0.15) is 17.8 Å². The minimum Gasteiger partial charge on any atom is -0.310 e. The molecule has 0 radical (unpaired) electrons. The lowest BCUT2D eigenvalue weighted by Gasteiger charge is -2.13. The summed E-state index contributed by atoms with van der Waals surface area (Å²) in [6.07, 6.45) is 7.74. The number of carbonyl (C=O) groups excluding carboxylic acids is 1. The fraction of sp³-hybridized carbons (Fsp3) is 0.333. The van der Waals surface area contributed by atoms with Crippen LogP contribution in [-0.4, -0.2) is 45.4 Å². The van der Waals surface area contributed by atoms with E-state index in [1.54, 1.807) is 17.5 Å². The molecule has 0 atom stereocenters. The van der Waals surface area contributed by atoms with Crippen molar-refractivity contribution in [1.82, 2.24) is 19.9 Å². The average molecular weight is 353 g/mol. The highest BCUT2D eigenvalue weighted by Gasteiger charge is 2.15. The molecule has 7 heteroatoms. The summed E-state index contributed by atoms with van der Waals surface area (Å²) >= 11 is 1.62. The van der Waals surface area contributed by atoms with Gasteiger partial charge >= 0.3 is 0 Å². The predicted molar refractivity (Wildman–Crippen MR) is 99.7 cm³/mol. The van der Waals surface area contributed by atoms with Gasteiger partial charge in [-0.1, -0.05) is 0 Å². The van der Waals surface area contributed by atoms with E-state index < -0.39 is 0 Å². The number of nitrogens with one attached hydrogen (secondary N) is 1. The number of anilines is 1. The number of carbonyl (C=O) groups is 1. The lowest BCUT2D eigenvalue weighted by molar-refractivity contribution is -0.117. The van der Waals surface area contributed by atoms with Gasteiger partial charge in [-0.15, -0.1) is 11.3 Å². The highest BCUT2D eigenvalue weighted by Crippen LogP contribution is 2.27. The lowest BCUT2D eigenvalue weighted by atomic mass is 10.2. The number of amides is 1. The van der Waals surface area contributed by atoms with Gasteiger partial charge in [-0.2, -0.15) is 0 Å². The van der Waals surface area contributed by atoms with Crippen molar-refractivity contribution in [1.29, 1.82) is 0 Å². The normalized spacial score (nSPS) is 14.9. The second-order valence-electron chi connectivity index (χ2n) is 6.26. The molecule has 0 bridgehead atoms. The van der Waals surface area contributed by atoms with Gasteiger partial charge in [0.05, 0.1) is 22.1 Å². The molecular formula is C18H19N5OS. The molecule has 4 rings (SSSR count). The predicted octanol–water partition coefficient (Wildman–Crippen LogP) is 3.10. The van der Waals surface area contributed by atoms with Gasteiger partial charge in [0.2, 0.25) is 5.91 Å². The Morgan fingerprint density at radius 2 is 1.92 bits per heavy atom. The van der Waals surface area contributed by atoms with Crippen LogP contribution in [0.5, 0.6) is 0 Å². The number of aryl methyl sites for hydroxylation is 1. The summed E-state index contributed by atoms with van der Waals surface area (Å²) in [4.78, 5) is 28.5. The molecule has 0 aromatic carbocycles. The Morgan fingerprint density at radius 3 is 2.68 bits per heavy atom. The largest absolute Gasteiger partial charge is 0.310 e. The highest BCUT2D eigenvalue weighted by molar-refractivity contribution is 7.15. The van der Waals surface area contributed by atoms with E-state index in [0.29, 0.717) is 12.4 Å². The maximum atomic E-state index is 12.2. The summed E-state index contributed by atoms with van der Waals surface area (Å²) in [7, 11) is 0. The molecular weight excluding hydrogens is 334 g/mol. The van der Waals surface area contributed by atoms with Gasteiger partial charge in [-0.3, -0.25) is 14.7 Å². The quantitative estimate of drug-likeness (QED) is 0.780. The molecule has 1 N–H and O–H groups in total. The third-order valence-corrected chi connectivity index (χ3v) is 5.25. The first-order chi connectivity index (χ1) is 12.2. The van der Waals surface area contributed by atoms with Crippen LogP contribution < -0.4 is 5.32 Å². The summed E-state index contributed by atoms with van der Waals surface area (Å²) in [5.41, 5.74) is 0.888. The molecule has 0 saturated carbocycles. The van der Waals surface area contributed by atoms with E-state index in [4.69, 9.17) is 0 Å². The van der Waals surface area contributed by atoms with Gasteiger partial charge < -0.3 is 5.32 Å². The first-order valence-corrected chi connectivity index (χ1v) is 9.20. The summed E-state index contributed by atoms with van der Waals surface area (Å²) in [5, 5.41) is 5.87. The third-order valence-electron chi connectivity index (χ3n) is 4.31. The zero-order valence-corrected chi connectivity index (χ0v) is 14.8. The Labute approximate surface area is 149 Å². The minimum absolute atomic E-state index is 0.0129. The molecule has 1 fully saturated rings.